The molecule has 4 aromatic carbocycles. The number of hydrogen-bond donors (Lipinski definition) is 0. The summed E-state index contributed by atoms with van der Waals surface area (Å²) in [4.78, 5) is 17.3. The van der Waals surface area contributed by atoms with Crippen LogP contribution >= 0.6 is 0 Å². The van der Waals surface area contributed by atoms with Crippen LogP contribution in [0.4, 0.5) is 0 Å². The van der Waals surface area contributed by atoms with Crippen LogP contribution in [-0.4, -0.2) is 19.9 Å². The van der Waals surface area contributed by atoms with E-state index < -0.39 is 0 Å². The molecule has 0 fully saturated rings. The van der Waals surface area contributed by atoms with Crippen LogP contribution in [0.1, 0.15) is 0 Å². The quantitative estimate of drug-likeness (QED) is 0.165. The van der Waals surface area contributed by atoms with Gasteiger partial charge in [0, 0.05) is 47.6 Å². The number of benzene rings is 4. The van der Waals surface area contributed by atoms with Gasteiger partial charge in [-0.05, 0) is 24.3 Å². The van der Waals surface area contributed by atoms with Crippen LogP contribution in [0.3, 0.4) is 0 Å². The van der Waals surface area contributed by atoms with Gasteiger partial charge in [0.05, 0.1) is 0 Å². The van der Waals surface area contributed by atoms with E-state index >= 15 is 0 Å². The summed E-state index contributed by atoms with van der Waals surface area (Å²) < 4.78 is 0. The smallest absolute Gasteiger partial charge is 0.295 e. The topological polar surface area (TPSA) is 51.6 Å². The molecule has 8 aromatic rings. The fourth-order valence-electron chi connectivity index (χ4n) is 4.62. The monoisotopic (exact) mass is 978 g/mol. The molecule has 0 saturated carbocycles. The Hall–Kier alpha value is -4.88. The Kier molecular flexibility index (Phi) is 14.3. The molecule has 0 saturated heterocycles. The standard InChI is InChI=1S/2C16H11N2.C10H6.2Pt/c2*1-3-10-17-15(8-1)13-6-5-7-14(12-13)16-9-2-4-11-18-16;1-2-6-10-8-4-3-7-9(10)5-1;;/h2*1-11H;1-5,7H;;/q2*-1;-2;2*+2. The molecular weight excluding hydrogens is 951 g/mol. The summed E-state index contributed by atoms with van der Waals surface area (Å²) in [5.74, 6) is 0. The van der Waals surface area contributed by atoms with E-state index in [0.717, 1.165) is 50.4 Å². The van der Waals surface area contributed by atoms with Crippen LogP contribution in [0.2, 0.25) is 0 Å². The zero-order valence-corrected chi connectivity index (χ0v) is 30.1. The van der Waals surface area contributed by atoms with Gasteiger partial charge in [0.2, 0.25) is 0 Å². The Morgan fingerprint density at radius 2 is 0.667 bits per heavy atom. The third-order valence-corrected chi connectivity index (χ3v) is 6.84. The maximum Gasteiger partial charge on any atom is 2.00 e. The van der Waals surface area contributed by atoms with Gasteiger partial charge >= 0.3 is 42.1 Å². The summed E-state index contributed by atoms with van der Waals surface area (Å²) in [6.07, 6.45) is 7.15. The zero-order chi connectivity index (χ0) is 31.2. The van der Waals surface area contributed by atoms with Crippen LogP contribution in [0.25, 0.3) is 55.8 Å². The molecule has 236 valence electrons. The third-order valence-electron chi connectivity index (χ3n) is 6.84. The Balaban J connectivity index is 0.000000166. The number of rotatable bonds is 4. The zero-order valence-electron chi connectivity index (χ0n) is 25.6. The minimum atomic E-state index is 0. The largest absolute Gasteiger partial charge is 2.00 e. The molecule has 0 aliphatic rings. The van der Waals surface area contributed by atoms with Gasteiger partial charge in [-0.25, -0.2) is 23.6 Å². The van der Waals surface area contributed by atoms with Crippen LogP contribution < -0.4 is 0 Å². The number of aromatic nitrogens is 4. The summed E-state index contributed by atoms with van der Waals surface area (Å²) in [7, 11) is 0. The molecule has 0 atom stereocenters. The van der Waals surface area contributed by atoms with E-state index in [0.29, 0.717) is 0 Å². The fourth-order valence-corrected chi connectivity index (χ4v) is 4.62. The van der Waals surface area contributed by atoms with Crippen molar-refractivity contribution in [3.8, 4) is 45.0 Å². The van der Waals surface area contributed by atoms with Crippen molar-refractivity contribution in [2.24, 2.45) is 0 Å². The molecule has 0 N–H and O–H groups in total. The molecule has 0 bridgehead atoms. The molecule has 4 nitrogen and oxygen atoms in total. The van der Waals surface area contributed by atoms with E-state index in [-0.39, 0.29) is 42.1 Å². The van der Waals surface area contributed by atoms with Crippen LogP contribution in [0.15, 0.2) is 170 Å². The summed E-state index contributed by atoms with van der Waals surface area (Å²) in [6.45, 7) is 0. The second-order valence-corrected chi connectivity index (χ2v) is 9.99. The predicted molar refractivity (Wildman–Crippen MR) is 185 cm³/mol. The van der Waals surface area contributed by atoms with E-state index in [4.69, 9.17) is 0 Å². The van der Waals surface area contributed by atoms with Crippen molar-refractivity contribution in [2.45, 2.75) is 0 Å². The van der Waals surface area contributed by atoms with Crippen molar-refractivity contribution < 1.29 is 42.1 Å². The molecule has 48 heavy (non-hydrogen) atoms. The van der Waals surface area contributed by atoms with E-state index in [2.05, 4.69) is 56.3 Å². The number of hydrogen-bond acceptors (Lipinski definition) is 4. The van der Waals surface area contributed by atoms with Crippen LogP contribution in [0, 0.1) is 24.3 Å². The van der Waals surface area contributed by atoms with Gasteiger partial charge in [0.1, 0.15) is 0 Å². The summed E-state index contributed by atoms with van der Waals surface area (Å²) in [5.41, 5.74) is 7.64. The molecule has 0 radical (unpaired) electrons. The summed E-state index contributed by atoms with van der Waals surface area (Å²) >= 11 is 0. The normalized spacial score (nSPS) is 9.75. The average molecular weight is 979 g/mol. The van der Waals surface area contributed by atoms with E-state index in [1.54, 1.807) is 24.8 Å². The number of fused-ring (bicyclic) bond motifs is 1. The first kappa shape index (κ1) is 36.0. The first-order chi connectivity index (χ1) is 22.8. The Morgan fingerprint density at radius 3 is 0.938 bits per heavy atom. The van der Waals surface area contributed by atoms with Crippen molar-refractivity contribution in [1.82, 2.24) is 19.9 Å². The number of pyridine rings is 4. The second kappa shape index (κ2) is 19.1. The predicted octanol–water partition coefficient (Wildman–Crippen LogP) is 9.66. The molecule has 0 unspecified atom stereocenters. The van der Waals surface area contributed by atoms with Crippen molar-refractivity contribution in [3.05, 3.63) is 195 Å². The van der Waals surface area contributed by atoms with Gasteiger partial charge in [-0.3, -0.25) is 37.5 Å². The average Bonchev–Trinajstić information content (AvgIpc) is 3.17. The summed E-state index contributed by atoms with van der Waals surface area (Å²) in [6, 6.07) is 60.3. The first-order valence-corrected chi connectivity index (χ1v) is 14.8. The van der Waals surface area contributed by atoms with Gasteiger partial charge in [0.25, 0.3) is 0 Å². The molecule has 6 heteroatoms. The Morgan fingerprint density at radius 1 is 0.333 bits per heavy atom. The van der Waals surface area contributed by atoms with Crippen LogP contribution in [0.5, 0.6) is 0 Å². The van der Waals surface area contributed by atoms with E-state index in [1.165, 1.54) is 5.39 Å². The molecular formula is C42H28N4Pt2. The van der Waals surface area contributed by atoms with Crippen molar-refractivity contribution in [3.63, 3.8) is 0 Å². The maximum atomic E-state index is 4.33. The minimum Gasteiger partial charge on any atom is -0.295 e. The SMILES string of the molecule is [Pt+2].[Pt+2].[c-]1c(-c2ccccn2)cccc1-c1ccccn1.[c-]1c(-c2ccccn2)cccc1-c1ccccn1.[c-]1cccc2ccc[c-]c12. The van der Waals surface area contributed by atoms with Gasteiger partial charge in [-0.2, -0.15) is 6.07 Å². The Bertz CT molecular complexity index is 1800. The minimum absolute atomic E-state index is 0. The fraction of sp³-hybridized carbons (Fsp3) is 0. The van der Waals surface area contributed by atoms with Crippen molar-refractivity contribution in [1.29, 1.82) is 0 Å². The molecule has 0 aliphatic carbocycles. The van der Waals surface area contributed by atoms with Gasteiger partial charge in [0.15, 0.2) is 0 Å². The molecule has 0 spiro atoms. The maximum absolute atomic E-state index is 4.33. The Labute approximate surface area is 310 Å². The van der Waals surface area contributed by atoms with E-state index in [9.17, 15) is 0 Å². The third kappa shape index (κ3) is 10.1. The molecule has 4 aromatic heterocycles. The summed E-state index contributed by atoms with van der Waals surface area (Å²) in [5, 5.41) is 2.26. The molecule has 0 amide bonds. The van der Waals surface area contributed by atoms with Crippen molar-refractivity contribution in [2.75, 3.05) is 0 Å². The second-order valence-electron chi connectivity index (χ2n) is 9.99. The number of nitrogens with zero attached hydrogens (tertiary/aromatic N) is 4. The molecule has 8 rings (SSSR count). The first-order valence-electron chi connectivity index (χ1n) is 14.8. The molecule has 4 heterocycles. The van der Waals surface area contributed by atoms with Crippen molar-refractivity contribution >= 4 is 10.8 Å². The van der Waals surface area contributed by atoms with Gasteiger partial charge in [-0.1, -0.05) is 76.9 Å². The van der Waals surface area contributed by atoms with Gasteiger partial charge in [-0.15, -0.1) is 54.6 Å². The molecule has 0 aliphatic heterocycles. The van der Waals surface area contributed by atoms with E-state index in [1.807, 2.05) is 133 Å². The van der Waals surface area contributed by atoms with Gasteiger partial charge < -0.3 is 0 Å². The van der Waals surface area contributed by atoms with Crippen LogP contribution in [-0.2, 0) is 42.1 Å².